The molecule has 82 valence electrons. The summed E-state index contributed by atoms with van der Waals surface area (Å²) in [5.41, 5.74) is 0.0665. The molecule has 1 aromatic carbocycles. The fraction of sp³-hybridized carbons (Fsp3) is 0.300. The number of halogens is 3. The predicted octanol–water partition coefficient (Wildman–Crippen LogP) is 2.99. The first kappa shape index (κ1) is 12.1. The van der Waals surface area contributed by atoms with Crippen molar-refractivity contribution in [2.75, 3.05) is 0 Å². The third-order valence-corrected chi connectivity index (χ3v) is 2.47. The average molecular weight is 279 g/mol. The van der Waals surface area contributed by atoms with E-state index in [1.165, 1.54) is 13.0 Å². The Morgan fingerprint density at radius 3 is 2.67 bits per heavy atom. The summed E-state index contributed by atoms with van der Waals surface area (Å²) in [6.45, 7) is 1.45. The number of carboxylic acid groups (broad SMARTS) is 1. The van der Waals surface area contributed by atoms with E-state index in [1.807, 2.05) is 0 Å². The lowest BCUT2D eigenvalue weighted by Crippen LogP contribution is -2.13. The van der Waals surface area contributed by atoms with E-state index in [2.05, 4.69) is 15.9 Å². The van der Waals surface area contributed by atoms with Gasteiger partial charge in [-0.25, -0.2) is 8.78 Å². The van der Waals surface area contributed by atoms with Crippen LogP contribution in [0.2, 0.25) is 0 Å². The lowest BCUT2D eigenvalue weighted by molar-refractivity contribution is -0.141. The molecule has 0 saturated heterocycles. The van der Waals surface area contributed by atoms with Crippen LogP contribution >= 0.6 is 15.9 Å². The van der Waals surface area contributed by atoms with E-state index in [0.29, 0.717) is 4.47 Å². The summed E-state index contributed by atoms with van der Waals surface area (Å²) >= 11 is 3.02. The normalized spacial score (nSPS) is 12.5. The maximum absolute atomic E-state index is 13.2. The fourth-order valence-corrected chi connectivity index (χ4v) is 1.65. The van der Waals surface area contributed by atoms with Gasteiger partial charge in [-0.1, -0.05) is 22.9 Å². The SMILES string of the molecule is CC(Cc1cc(Br)cc(F)c1F)C(=O)O. The second-order valence-corrected chi connectivity index (χ2v) is 4.22. The number of carboxylic acids is 1. The zero-order chi connectivity index (χ0) is 11.6. The molecule has 0 fully saturated rings. The Labute approximate surface area is 94.0 Å². The molecular formula is C10H9BrF2O2. The van der Waals surface area contributed by atoms with Crippen LogP contribution in [0.4, 0.5) is 8.78 Å². The van der Waals surface area contributed by atoms with Gasteiger partial charge in [0.2, 0.25) is 0 Å². The van der Waals surface area contributed by atoms with Crippen molar-refractivity contribution in [2.45, 2.75) is 13.3 Å². The van der Waals surface area contributed by atoms with Crippen molar-refractivity contribution < 1.29 is 18.7 Å². The molecule has 15 heavy (non-hydrogen) atoms. The molecule has 0 bridgehead atoms. The molecule has 2 nitrogen and oxygen atoms in total. The molecule has 0 saturated carbocycles. The summed E-state index contributed by atoms with van der Waals surface area (Å²) in [5, 5.41) is 8.64. The minimum Gasteiger partial charge on any atom is -0.481 e. The van der Waals surface area contributed by atoms with Crippen LogP contribution in [0.5, 0.6) is 0 Å². The zero-order valence-corrected chi connectivity index (χ0v) is 9.51. The van der Waals surface area contributed by atoms with E-state index in [-0.39, 0.29) is 12.0 Å². The molecule has 1 aromatic rings. The van der Waals surface area contributed by atoms with Gasteiger partial charge in [-0.15, -0.1) is 0 Å². The van der Waals surface area contributed by atoms with Crippen LogP contribution in [-0.4, -0.2) is 11.1 Å². The van der Waals surface area contributed by atoms with Crippen LogP contribution in [0, 0.1) is 17.6 Å². The van der Waals surface area contributed by atoms with Crippen molar-refractivity contribution in [1.29, 1.82) is 0 Å². The number of hydrogen-bond donors (Lipinski definition) is 1. The highest BCUT2D eigenvalue weighted by Crippen LogP contribution is 2.21. The third-order valence-electron chi connectivity index (χ3n) is 2.02. The topological polar surface area (TPSA) is 37.3 Å². The van der Waals surface area contributed by atoms with Gasteiger partial charge in [0.05, 0.1) is 5.92 Å². The fourth-order valence-electron chi connectivity index (χ4n) is 1.17. The lowest BCUT2D eigenvalue weighted by atomic mass is 10.0. The summed E-state index contributed by atoms with van der Waals surface area (Å²) < 4.78 is 26.6. The number of rotatable bonds is 3. The number of aliphatic carboxylic acids is 1. The Hall–Kier alpha value is -0.970. The summed E-state index contributed by atoms with van der Waals surface area (Å²) in [7, 11) is 0. The Morgan fingerprint density at radius 2 is 2.13 bits per heavy atom. The quantitative estimate of drug-likeness (QED) is 0.863. The Kier molecular flexibility index (Phi) is 3.79. The highest BCUT2D eigenvalue weighted by Gasteiger charge is 2.17. The second kappa shape index (κ2) is 4.70. The van der Waals surface area contributed by atoms with Gasteiger partial charge in [0, 0.05) is 4.47 Å². The van der Waals surface area contributed by atoms with Crippen molar-refractivity contribution in [3.05, 3.63) is 33.8 Å². The minimum atomic E-state index is -1.03. The summed E-state index contributed by atoms with van der Waals surface area (Å²) in [6, 6.07) is 2.39. The van der Waals surface area contributed by atoms with Crippen molar-refractivity contribution in [3.63, 3.8) is 0 Å². The first-order valence-corrected chi connectivity index (χ1v) is 5.07. The molecule has 5 heteroatoms. The standard InChI is InChI=1S/C10H9BrF2O2/c1-5(10(14)15)2-6-3-7(11)4-8(12)9(6)13/h3-5H,2H2,1H3,(H,14,15). The molecule has 0 heterocycles. The van der Waals surface area contributed by atoms with Gasteiger partial charge in [-0.05, 0) is 24.1 Å². The lowest BCUT2D eigenvalue weighted by Gasteiger charge is -2.08. The Morgan fingerprint density at radius 1 is 1.53 bits per heavy atom. The molecule has 0 aromatic heterocycles. The molecule has 0 aliphatic rings. The van der Waals surface area contributed by atoms with Crippen LogP contribution in [0.15, 0.2) is 16.6 Å². The number of benzene rings is 1. The Balaban J connectivity index is 2.99. The van der Waals surface area contributed by atoms with Gasteiger partial charge >= 0.3 is 5.97 Å². The highest BCUT2D eigenvalue weighted by molar-refractivity contribution is 9.10. The Bertz CT molecular complexity index is 393. The maximum atomic E-state index is 13.2. The second-order valence-electron chi connectivity index (χ2n) is 3.30. The van der Waals surface area contributed by atoms with E-state index < -0.39 is 23.5 Å². The van der Waals surface area contributed by atoms with E-state index >= 15 is 0 Å². The van der Waals surface area contributed by atoms with E-state index in [1.54, 1.807) is 0 Å². The first-order valence-electron chi connectivity index (χ1n) is 4.28. The average Bonchev–Trinajstić information content (AvgIpc) is 2.13. The predicted molar refractivity (Wildman–Crippen MR) is 54.6 cm³/mol. The molecule has 0 aliphatic carbocycles. The van der Waals surface area contributed by atoms with Gasteiger partial charge < -0.3 is 5.11 Å². The molecule has 0 spiro atoms. The van der Waals surface area contributed by atoms with Crippen molar-refractivity contribution in [1.82, 2.24) is 0 Å². The van der Waals surface area contributed by atoms with Crippen LogP contribution in [-0.2, 0) is 11.2 Å². The molecule has 0 amide bonds. The highest BCUT2D eigenvalue weighted by atomic mass is 79.9. The van der Waals surface area contributed by atoms with Gasteiger partial charge in [0.1, 0.15) is 0 Å². The van der Waals surface area contributed by atoms with Crippen LogP contribution in [0.25, 0.3) is 0 Å². The molecule has 0 aliphatic heterocycles. The van der Waals surface area contributed by atoms with Gasteiger partial charge in [-0.2, -0.15) is 0 Å². The van der Waals surface area contributed by atoms with E-state index in [9.17, 15) is 13.6 Å². The van der Waals surface area contributed by atoms with Crippen LogP contribution in [0.1, 0.15) is 12.5 Å². The smallest absolute Gasteiger partial charge is 0.306 e. The monoisotopic (exact) mass is 278 g/mol. The molecule has 1 N–H and O–H groups in total. The van der Waals surface area contributed by atoms with Gasteiger partial charge in [-0.3, -0.25) is 4.79 Å². The largest absolute Gasteiger partial charge is 0.481 e. The molecule has 1 unspecified atom stereocenters. The third kappa shape index (κ3) is 2.99. The minimum absolute atomic E-state index is 0.0302. The molecule has 1 rings (SSSR count). The first-order chi connectivity index (χ1) is 6.91. The zero-order valence-electron chi connectivity index (χ0n) is 7.93. The number of hydrogen-bond acceptors (Lipinski definition) is 1. The summed E-state index contributed by atoms with van der Waals surface area (Å²) in [4.78, 5) is 10.6. The van der Waals surface area contributed by atoms with Crippen molar-refractivity contribution in [3.8, 4) is 0 Å². The molecular weight excluding hydrogens is 270 g/mol. The van der Waals surface area contributed by atoms with Gasteiger partial charge in [0.25, 0.3) is 0 Å². The van der Waals surface area contributed by atoms with Crippen molar-refractivity contribution in [2.24, 2.45) is 5.92 Å². The maximum Gasteiger partial charge on any atom is 0.306 e. The van der Waals surface area contributed by atoms with E-state index in [0.717, 1.165) is 6.07 Å². The van der Waals surface area contributed by atoms with E-state index in [4.69, 9.17) is 5.11 Å². The van der Waals surface area contributed by atoms with Crippen LogP contribution < -0.4 is 0 Å². The molecule has 1 atom stereocenters. The van der Waals surface area contributed by atoms with Gasteiger partial charge in [0.15, 0.2) is 11.6 Å². The summed E-state index contributed by atoms with van der Waals surface area (Å²) in [6.07, 6.45) is -0.0302. The van der Waals surface area contributed by atoms with Crippen molar-refractivity contribution >= 4 is 21.9 Å². The van der Waals surface area contributed by atoms with Crippen LogP contribution in [0.3, 0.4) is 0 Å². The molecule has 0 radical (unpaired) electrons. The summed E-state index contributed by atoms with van der Waals surface area (Å²) in [5.74, 6) is -3.73. The number of carbonyl (C=O) groups is 1.